The van der Waals surface area contributed by atoms with E-state index in [2.05, 4.69) is 23.7 Å². The molecule has 2 unspecified atom stereocenters. The number of ether oxygens (including phenoxy) is 1. The smallest absolute Gasteiger partial charge is 0.357 e. The molecule has 1 aliphatic heterocycles. The van der Waals surface area contributed by atoms with Crippen molar-refractivity contribution in [3.8, 4) is 0 Å². The van der Waals surface area contributed by atoms with E-state index in [1.165, 1.54) is 20.0 Å². The topological polar surface area (TPSA) is 42.4 Å². The minimum atomic E-state index is -0.338. The van der Waals surface area contributed by atoms with Crippen molar-refractivity contribution < 1.29 is 9.53 Å². The van der Waals surface area contributed by atoms with Crippen LogP contribution >= 0.6 is 11.3 Å². The first-order valence-electron chi connectivity index (χ1n) is 6.42. The Hall–Kier alpha value is -1.10. The van der Waals surface area contributed by atoms with Crippen molar-refractivity contribution in [2.45, 2.75) is 52.1 Å². The molecule has 18 heavy (non-hydrogen) atoms. The summed E-state index contributed by atoms with van der Waals surface area (Å²) >= 11 is 1.59. The van der Waals surface area contributed by atoms with E-state index in [1.54, 1.807) is 11.3 Å². The Bertz CT molecular complexity index is 444. The van der Waals surface area contributed by atoms with Gasteiger partial charge in [-0.15, -0.1) is 11.3 Å². The molecule has 0 saturated carbocycles. The van der Waals surface area contributed by atoms with Crippen molar-refractivity contribution >= 4 is 22.4 Å². The molecule has 0 N–H and O–H groups in total. The first-order valence-corrected chi connectivity index (χ1v) is 7.24. The van der Waals surface area contributed by atoms with Crippen molar-refractivity contribution in [1.29, 1.82) is 0 Å². The Morgan fingerprint density at radius 3 is 2.89 bits per heavy atom. The van der Waals surface area contributed by atoms with Gasteiger partial charge in [0.25, 0.3) is 0 Å². The second kappa shape index (κ2) is 5.26. The summed E-state index contributed by atoms with van der Waals surface area (Å²) in [7, 11) is 1.40. The highest BCUT2D eigenvalue weighted by atomic mass is 32.1. The van der Waals surface area contributed by atoms with E-state index in [-0.39, 0.29) is 5.97 Å². The maximum atomic E-state index is 11.6. The van der Waals surface area contributed by atoms with Gasteiger partial charge in [0, 0.05) is 17.0 Å². The summed E-state index contributed by atoms with van der Waals surface area (Å²) in [6.45, 7) is 6.36. The fourth-order valence-electron chi connectivity index (χ4n) is 2.60. The van der Waals surface area contributed by atoms with Gasteiger partial charge in [-0.05, 0) is 33.1 Å². The maximum Gasteiger partial charge on any atom is 0.357 e. The van der Waals surface area contributed by atoms with Crippen molar-refractivity contribution in [2.24, 2.45) is 0 Å². The Morgan fingerprint density at radius 2 is 2.28 bits per heavy atom. The number of esters is 1. The van der Waals surface area contributed by atoms with Crippen LogP contribution in [-0.4, -0.2) is 30.1 Å². The summed E-state index contributed by atoms with van der Waals surface area (Å²) in [4.78, 5) is 19.4. The van der Waals surface area contributed by atoms with E-state index < -0.39 is 0 Å². The molecular formula is C13H20N2O2S. The third-order valence-corrected chi connectivity index (χ3v) is 4.63. The van der Waals surface area contributed by atoms with Crippen molar-refractivity contribution in [1.82, 2.24) is 4.98 Å². The van der Waals surface area contributed by atoms with Crippen LogP contribution in [0.4, 0.5) is 5.13 Å². The second-order valence-corrected chi connectivity index (χ2v) is 5.97. The van der Waals surface area contributed by atoms with Gasteiger partial charge in [0.1, 0.15) is 0 Å². The summed E-state index contributed by atoms with van der Waals surface area (Å²) in [5.41, 5.74) is 0.464. The van der Waals surface area contributed by atoms with E-state index in [4.69, 9.17) is 4.74 Å². The maximum absolute atomic E-state index is 11.6. The number of carbonyl (C=O) groups excluding carboxylic acids is 1. The molecule has 0 aliphatic carbocycles. The minimum absolute atomic E-state index is 0.338. The minimum Gasteiger partial charge on any atom is -0.464 e. The molecule has 2 atom stereocenters. The van der Waals surface area contributed by atoms with Crippen LogP contribution in [-0.2, 0) is 4.74 Å². The predicted octanol–water partition coefficient (Wildman–Crippen LogP) is 3.01. The van der Waals surface area contributed by atoms with Crippen LogP contribution in [0.3, 0.4) is 0 Å². The first kappa shape index (κ1) is 13.3. The zero-order chi connectivity index (χ0) is 13.3. The van der Waals surface area contributed by atoms with Crippen LogP contribution in [0, 0.1) is 6.92 Å². The average molecular weight is 268 g/mol. The molecule has 1 saturated heterocycles. The van der Waals surface area contributed by atoms with Crippen LogP contribution in [0.25, 0.3) is 0 Å². The molecule has 4 nitrogen and oxygen atoms in total. The molecule has 5 heteroatoms. The molecule has 0 radical (unpaired) electrons. The van der Waals surface area contributed by atoms with E-state index in [0.29, 0.717) is 17.8 Å². The van der Waals surface area contributed by atoms with Crippen LogP contribution in [0.2, 0.25) is 0 Å². The van der Waals surface area contributed by atoms with E-state index in [0.717, 1.165) is 16.4 Å². The third-order valence-electron chi connectivity index (χ3n) is 3.64. The monoisotopic (exact) mass is 268 g/mol. The zero-order valence-corrected chi connectivity index (χ0v) is 12.2. The highest BCUT2D eigenvalue weighted by molar-refractivity contribution is 7.15. The Balaban J connectivity index is 2.31. The normalized spacial score (nSPS) is 23.4. The van der Waals surface area contributed by atoms with E-state index in [1.807, 2.05) is 6.92 Å². The van der Waals surface area contributed by atoms with Crippen LogP contribution in [0.5, 0.6) is 0 Å². The molecular weight excluding hydrogens is 248 g/mol. The first-order chi connectivity index (χ1) is 8.58. The Labute approximate surface area is 112 Å². The molecule has 1 aromatic rings. The Kier molecular flexibility index (Phi) is 3.90. The van der Waals surface area contributed by atoms with Crippen LogP contribution < -0.4 is 4.90 Å². The number of nitrogens with zero attached hydrogens (tertiary/aromatic N) is 2. The van der Waals surface area contributed by atoms with Gasteiger partial charge >= 0.3 is 5.97 Å². The second-order valence-electron chi connectivity index (χ2n) is 4.79. The molecule has 0 spiro atoms. The lowest BCUT2D eigenvalue weighted by Crippen LogP contribution is -2.34. The molecule has 100 valence electrons. The SMILES string of the molecule is CCC1CCC(C)N1c1nc(C(=O)OC)c(C)s1. The van der Waals surface area contributed by atoms with Crippen LogP contribution in [0.15, 0.2) is 0 Å². The number of carbonyl (C=O) groups is 1. The molecule has 2 heterocycles. The van der Waals surface area contributed by atoms with Crippen molar-refractivity contribution in [3.63, 3.8) is 0 Å². The number of aromatic nitrogens is 1. The number of thiazole rings is 1. The lowest BCUT2D eigenvalue weighted by Gasteiger charge is -2.27. The number of anilines is 1. The lowest BCUT2D eigenvalue weighted by molar-refractivity contribution is 0.0594. The predicted molar refractivity (Wildman–Crippen MR) is 73.4 cm³/mol. The standard InChI is InChI=1S/C13H20N2O2S/c1-5-10-7-6-8(2)15(10)13-14-11(9(3)18-13)12(16)17-4/h8,10H,5-7H2,1-4H3. The van der Waals surface area contributed by atoms with Crippen LogP contribution in [0.1, 0.15) is 48.5 Å². The fourth-order valence-corrected chi connectivity index (χ4v) is 3.67. The van der Waals surface area contributed by atoms with Gasteiger partial charge in [0.15, 0.2) is 10.8 Å². The van der Waals surface area contributed by atoms with E-state index >= 15 is 0 Å². The van der Waals surface area contributed by atoms with Gasteiger partial charge in [0.05, 0.1) is 7.11 Å². The molecule has 0 aromatic carbocycles. The van der Waals surface area contributed by atoms with Gasteiger partial charge < -0.3 is 9.64 Å². The summed E-state index contributed by atoms with van der Waals surface area (Å²) in [6, 6.07) is 1.06. The fraction of sp³-hybridized carbons (Fsp3) is 0.692. The number of methoxy groups -OCH3 is 1. The quantitative estimate of drug-likeness (QED) is 0.790. The summed E-state index contributed by atoms with van der Waals surface area (Å²) in [5, 5.41) is 0.963. The summed E-state index contributed by atoms with van der Waals surface area (Å²) in [5.74, 6) is -0.338. The van der Waals surface area contributed by atoms with Gasteiger partial charge in [0.2, 0.25) is 0 Å². The molecule has 1 aromatic heterocycles. The Morgan fingerprint density at radius 1 is 1.56 bits per heavy atom. The van der Waals surface area contributed by atoms with Gasteiger partial charge in [-0.1, -0.05) is 6.92 Å². The number of rotatable bonds is 3. The average Bonchev–Trinajstić information content (AvgIpc) is 2.91. The molecule has 1 aliphatic rings. The van der Waals surface area contributed by atoms with Gasteiger partial charge in [-0.3, -0.25) is 0 Å². The summed E-state index contributed by atoms with van der Waals surface area (Å²) in [6.07, 6.45) is 3.53. The molecule has 0 amide bonds. The lowest BCUT2D eigenvalue weighted by atomic mass is 10.2. The number of aryl methyl sites for hydroxylation is 1. The highest BCUT2D eigenvalue weighted by Gasteiger charge is 2.32. The highest BCUT2D eigenvalue weighted by Crippen LogP contribution is 2.35. The number of hydrogen-bond acceptors (Lipinski definition) is 5. The zero-order valence-electron chi connectivity index (χ0n) is 11.4. The van der Waals surface area contributed by atoms with Gasteiger partial charge in [-0.2, -0.15) is 0 Å². The number of hydrogen-bond donors (Lipinski definition) is 0. The molecule has 2 rings (SSSR count). The van der Waals surface area contributed by atoms with Gasteiger partial charge in [-0.25, -0.2) is 9.78 Å². The molecule has 1 fully saturated rings. The van der Waals surface area contributed by atoms with E-state index in [9.17, 15) is 4.79 Å². The van der Waals surface area contributed by atoms with Crippen molar-refractivity contribution in [2.75, 3.05) is 12.0 Å². The third kappa shape index (κ3) is 2.23. The molecule has 0 bridgehead atoms. The van der Waals surface area contributed by atoms with Crippen molar-refractivity contribution in [3.05, 3.63) is 10.6 Å². The largest absolute Gasteiger partial charge is 0.464 e. The summed E-state index contributed by atoms with van der Waals surface area (Å²) < 4.78 is 4.76.